The highest BCUT2D eigenvalue weighted by molar-refractivity contribution is 7.13. The van der Waals surface area contributed by atoms with Gasteiger partial charge in [-0.25, -0.2) is 14.8 Å². The van der Waals surface area contributed by atoms with E-state index in [0.717, 1.165) is 17.0 Å². The van der Waals surface area contributed by atoms with E-state index in [1.54, 1.807) is 11.1 Å². The van der Waals surface area contributed by atoms with Crippen LogP contribution in [0.3, 0.4) is 0 Å². The van der Waals surface area contributed by atoms with Crippen molar-refractivity contribution >= 4 is 23.3 Å². The van der Waals surface area contributed by atoms with Gasteiger partial charge in [0.1, 0.15) is 0 Å². The molecule has 1 fully saturated rings. The van der Waals surface area contributed by atoms with Gasteiger partial charge in [0.05, 0.1) is 16.1 Å². The molecule has 1 aliphatic rings. The number of alkyl halides is 3. The highest BCUT2D eigenvalue weighted by atomic mass is 32.1. The van der Waals surface area contributed by atoms with Crippen LogP contribution in [-0.4, -0.2) is 47.1 Å². The molecule has 0 atom stereocenters. The third-order valence-corrected chi connectivity index (χ3v) is 5.55. The average molecular weight is 433 g/mol. The molecule has 1 aliphatic heterocycles. The molecule has 0 saturated carbocycles. The average Bonchev–Trinajstić information content (AvgIpc) is 3.40. The van der Waals surface area contributed by atoms with Gasteiger partial charge in [0.25, 0.3) is 0 Å². The summed E-state index contributed by atoms with van der Waals surface area (Å²) in [6.07, 6.45) is -2.78. The number of aromatic nitrogens is 2. The van der Waals surface area contributed by atoms with Crippen molar-refractivity contribution in [2.75, 3.05) is 31.5 Å². The number of carbonyl (C=O) groups is 1. The molecular formula is C20H18F3N5OS. The van der Waals surface area contributed by atoms with Gasteiger partial charge in [-0.1, -0.05) is 18.2 Å². The van der Waals surface area contributed by atoms with Crippen LogP contribution in [-0.2, 0) is 6.18 Å². The SMILES string of the molecule is O=C1NCCN1CCNc1ncc(-c2ccc(C(F)(F)F)cc2)c(-c2cccs2)n1. The fourth-order valence-electron chi connectivity index (χ4n) is 3.15. The van der Waals surface area contributed by atoms with Crippen molar-refractivity contribution in [2.45, 2.75) is 6.18 Å². The first-order chi connectivity index (χ1) is 14.4. The van der Waals surface area contributed by atoms with Gasteiger partial charge in [-0.05, 0) is 29.1 Å². The quantitative estimate of drug-likeness (QED) is 0.607. The number of carbonyl (C=O) groups excluding carboxylic acids is 1. The van der Waals surface area contributed by atoms with Gasteiger partial charge in [-0.15, -0.1) is 11.3 Å². The van der Waals surface area contributed by atoms with Crippen LogP contribution in [0.5, 0.6) is 0 Å². The summed E-state index contributed by atoms with van der Waals surface area (Å²) >= 11 is 1.49. The lowest BCUT2D eigenvalue weighted by molar-refractivity contribution is -0.137. The molecule has 0 unspecified atom stereocenters. The first-order valence-corrected chi connectivity index (χ1v) is 10.1. The summed E-state index contributed by atoms with van der Waals surface area (Å²) in [6.45, 7) is 2.30. The maximum absolute atomic E-state index is 12.9. The fourth-order valence-corrected chi connectivity index (χ4v) is 3.87. The molecule has 1 aromatic carbocycles. The summed E-state index contributed by atoms with van der Waals surface area (Å²) in [7, 11) is 0. The lowest BCUT2D eigenvalue weighted by atomic mass is 10.0. The first-order valence-electron chi connectivity index (χ1n) is 9.27. The number of anilines is 1. The first kappa shape index (κ1) is 20.1. The van der Waals surface area contributed by atoms with Crippen molar-refractivity contribution in [3.8, 4) is 21.7 Å². The molecule has 2 aromatic heterocycles. The van der Waals surface area contributed by atoms with Gasteiger partial charge in [0.2, 0.25) is 5.95 Å². The molecule has 156 valence electrons. The lowest BCUT2D eigenvalue weighted by Crippen LogP contribution is -2.32. The van der Waals surface area contributed by atoms with Crippen molar-refractivity contribution in [1.82, 2.24) is 20.2 Å². The Kier molecular flexibility index (Phi) is 5.58. The number of thiophene rings is 1. The van der Waals surface area contributed by atoms with Crippen molar-refractivity contribution in [3.63, 3.8) is 0 Å². The monoisotopic (exact) mass is 433 g/mol. The Morgan fingerprint density at radius 2 is 2.00 bits per heavy atom. The molecule has 0 aliphatic carbocycles. The Bertz CT molecular complexity index is 1020. The number of hydrogen-bond acceptors (Lipinski definition) is 5. The summed E-state index contributed by atoms with van der Waals surface area (Å²) in [5.74, 6) is 0.397. The Labute approximate surface area is 174 Å². The summed E-state index contributed by atoms with van der Waals surface area (Å²) in [6, 6.07) is 8.67. The zero-order valence-electron chi connectivity index (χ0n) is 15.7. The van der Waals surface area contributed by atoms with E-state index in [0.29, 0.717) is 48.9 Å². The van der Waals surface area contributed by atoms with Gasteiger partial charge in [0, 0.05) is 37.9 Å². The van der Waals surface area contributed by atoms with E-state index >= 15 is 0 Å². The molecular weight excluding hydrogens is 415 g/mol. The van der Waals surface area contributed by atoms with Gasteiger partial charge < -0.3 is 15.5 Å². The normalized spacial score (nSPS) is 14.1. The second-order valence-corrected chi connectivity index (χ2v) is 7.60. The van der Waals surface area contributed by atoms with E-state index in [1.165, 1.54) is 23.5 Å². The zero-order chi connectivity index (χ0) is 21.1. The van der Waals surface area contributed by atoms with E-state index < -0.39 is 11.7 Å². The Morgan fingerprint density at radius 1 is 1.20 bits per heavy atom. The van der Waals surface area contributed by atoms with E-state index in [-0.39, 0.29) is 6.03 Å². The number of nitrogens with one attached hydrogen (secondary N) is 2. The van der Waals surface area contributed by atoms with Crippen LogP contribution in [0.15, 0.2) is 48.0 Å². The molecule has 0 bridgehead atoms. The summed E-state index contributed by atoms with van der Waals surface area (Å²) in [4.78, 5) is 23.1. The van der Waals surface area contributed by atoms with Crippen molar-refractivity contribution < 1.29 is 18.0 Å². The third-order valence-electron chi connectivity index (χ3n) is 4.68. The minimum Gasteiger partial charge on any atom is -0.352 e. The Morgan fingerprint density at radius 3 is 2.63 bits per heavy atom. The summed E-state index contributed by atoms with van der Waals surface area (Å²) in [5.41, 5.74) is 1.19. The molecule has 0 spiro atoms. The van der Waals surface area contributed by atoms with Crippen LogP contribution in [0.1, 0.15) is 5.56 Å². The molecule has 3 heterocycles. The summed E-state index contributed by atoms with van der Waals surface area (Å²) < 4.78 is 38.6. The Hall–Kier alpha value is -3.14. The predicted molar refractivity (Wildman–Crippen MR) is 109 cm³/mol. The smallest absolute Gasteiger partial charge is 0.352 e. The van der Waals surface area contributed by atoms with Crippen molar-refractivity contribution in [3.05, 3.63) is 53.5 Å². The Balaban J connectivity index is 1.57. The number of nitrogens with zero attached hydrogens (tertiary/aromatic N) is 3. The molecule has 10 heteroatoms. The van der Waals surface area contributed by atoms with Crippen molar-refractivity contribution in [2.24, 2.45) is 0 Å². The second kappa shape index (κ2) is 8.31. The van der Waals surface area contributed by atoms with Crippen LogP contribution in [0.4, 0.5) is 23.9 Å². The number of hydrogen-bond donors (Lipinski definition) is 2. The highest BCUT2D eigenvalue weighted by Gasteiger charge is 2.30. The molecule has 1 saturated heterocycles. The number of amides is 2. The highest BCUT2D eigenvalue weighted by Crippen LogP contribution is 2.35. The molecule has 2 N–H and O–H groups in total. The van der Waals surface area contributed by atoms with Crippen LogP contribution < -0.4 is 10.6 Å². The predicted octanol–water partition coefficient (Wildman–Crippen LogP) is 4.33. The molecule has 4 rings (SSSR count). The van der Waals surface area contributed by atoms with Crippen LogP contribution in [0.25, 0.3) is 21.7 Å². The maximum atomic E-state index is 12.9. The van der Waals surface area contributed by atoms with E-state index in [4.69, 9.17) is 0 Å². The third kappa shape index (κ3) is 4.38. The van der Waals surface area contributed by atoms with Crippen LogP contribution >= 0.6 is 11.3 Å². The number of urea groups is 1. The molecule has 6 nitrogen and oxygen atoms in total. The molecule has 0 radical (unpaired) electrons. The van der Waals surface area contributed by atoms with Crippen LogP contribution in [0.2, 0.25) is 0 Å². The number of rotatable bonds is 6. The summed E-state index contributed by atoms with van der Waals surface area (Å²) in [5, 5.41) is 7.77. The topological polar surface area (TPSA) is 70.2 Å². The fraction of sp³-hybridized carbons (Fsp3) is 0.250. The lowest BCUT2D eigenvalue weighted by Gasteiger charge is -2.15. The molecule has 3 aromatic rings. The molecule has 2 amide bonds. The van der Waals surface area contributed by atoms with E-state index in [2.05, 4.69) is 20.6 Å². The van der Waals surface area contributed by atoms with Crippen LogP contribution in [0, 0.1) is 0 Å². The zero-order valence-corrected chi connectivity index (χ0v) is 16.6. The maximum Gasteiger partial charge on any atom is 0.416 e. The minimum absolute atomic E-state index is 0.0883. The number of benzene rings is 1. The van der Waals surface area contributed by atoms with Gasteiger partial charge in [-0.2, -0.15) is 13.2 Å². The second-order valence-electron chi connectivity index (χ2n) is 6.65. The van der Waals surface area contributed by atoms with Gasteiger partial charge >= 0.3 is 12.2 Å². The van der Waals surface area contributed by atoms with Crippen molar-refractivity contribution in [1.29, 1.82) is 0 Å². The van der Waals surface area contributed by atoms with Gasteiger partial charge in [0.15, 0.2) is 0 Å². The van der Waals surface area contributed by atoms with E-state index in [1.807, 2.05) is 17.5 Å². The standard InChI is InChI=1S/C20H18F3N5OS/c21-20(22,23)14-5-3-13(4-6-14)15-12-26-18(27-17(15)16-2-1-11-30-16)24-7-9-28-10-8-25-19(28)29/h1-6,11-12H,7-10H2,(H,25,29)(H,24,26,27). The molecule has 30 heavy (non-hydrogen) atoms. The van der Waals surface area contributed by atoms with Gasteiger partial charge in [-0.3, -0.25) is 0 Å². The minimum atomic E-state index is -4.38. The number of halogens is 3. The largest absolute Gasteiger partial charge is 0.416 e. The van der Waals surface area contributed by atoms with E-state index in [9.17, 15) is 18.0 Å².